The summed E-state index contributed by atoms with van der Waals surface area (Å²) in [5.41, 5.74) is 6.61. The maximum absolute atomic E-state index is 11.3. The molecule has 3 N–H and O–H groups in total. The highest BCUT2D eigenvalue weighted by atomic mass is 32.2. The lowest BCUT2D eigenvalue weighted by Crippen LogP contribution is -2.35. The van der Waals surface area contributed by atoms with Crippen molar-refractivity contribution in [3.8, 4) is 11.5 Å². The third-order valence-corrected chi connectivity index (χ3v) is 4.74. The first kappa shape index (κ1) is 18.1. The number of aliphatic imine (C=N–C) groups is 1. The second kappa shape index (κ2) is 8.47. The number of benzene rings is 1. The molecule has 7 nitrogen and oxygen atoms in total. The number of guanidine groups is 1. The number of sulfone groups is 1. The smallest absolute Gasteiger partial charge is 0.188 e. The molecule has 0 heterocycles. The number of nitrogens with zero attached hydrogens (tertiary/aromatic N) is 1. The van der Waals surface area contributed by atoms with Crippen LogP contribution >= 0.6 is 0 Å². The van der Waals surface area contributed by atoms with E-state index in [4.69, 9.17) is 15.2 Å². The second-order valence-corrected chi connectivity index (χ2v) is 7.03. The molecular formula is C14H23N3O4S. The molecule has 0 aliphatic carbocycles. The lowest BCUT2D eigenvalue weighted by Gasteiger charge is -2.09. The van der Waals surface area contributed by atoms with Crippen molar-refractivity contribution in [2.75, 3.05) is 32.3 Å². The molecule has 0 aliphatic heterocycles. The average Bonchev–Trinajstić information content (AvgIpc) is 2.52. The Morgan fingerprint density at radius 1 is 1.27 bits per heavy atom. The molecule has 0 aromatic heterocycles. The van der Waals surface area contributed by atoms with E-state index in [1.165, 1.54) is 0 Å². The fourth-order valence-corrected chi connectivity index (χ4v) is 2.39. The molecule has 0 saturated carbocycles. The van der Waals surface area contributed by atoms with Gasteiger partial charge in [-0.25, -0.2) is 13.4 Å². The van der Waals surface area contributed by atoms with Gasteiger partial charge in [0.05, 0.1) is 26.5 Å². The van der Waals surface area contributed by atoms with Crippen LogP contribution in [0.4, 0.5) is 0 Å². The molecule has 8 heteroatoms. The standard InChI is InChI=1S/C14H23N3O4S/c1-4-22(18,19)8-7-16-14(15)17-10-11-5-6-12(20-2)13(9-11)21-3/h5-6,9H,4,7-8,10H2,1-3H3,(H3,15,16,17). The van der Waals surface area contributed by atoms with E-state index in [0.717, 1.165) is 5.56 Å². The van der Waals surface area contributed by atoms with Crippen LogP contribution in [-0.2, 0) is 16.4 Å². The van der Waals surface area contributed by atoms with Gasteiger partial charge in [-0.3, -0.25) is 0 Å². The molecule has 0 atom stereocenters. The third-order valence-electron chi connectivity index (χ3n) is 3.04. The van der Waals surface area contributed by atoms with Crippen LogP contribution in [0.5, 0.6) is 11.5 Å². The van der Waals surface area contributed by atoms with Gasteiger partial charge >= 0.3 is 0 Å². The first-order valence-corrected chi connectivity index (χ1v) is 8.69. The van der Waals surface area contributed by atoms with Gasteiger partial charge in [0.25, 0.3) is 0 Å². The van der Waals surface area contributed by atoms with Crippen molar-refractivity contribution in [2.45, 2.75) is 13.5 Å². The number of nitrogens with two attached hydrogens (primary N) is 1. The largest absolute Gasteiger partial charge is 0.493 e. The molecular weight excluding hydrogens is 306 g/mol. The lowest BCUT2D eigenvalue weighted by atomic mass is 10.2. The number of hydrogen-bond acceptors (Lipinski definition) is 5. The molecule has 0 radical (unpaired) electrons. The van der Waals surface area contributed by atoms with Crippen molar-refractivity contribution >= 4 is 15.8 Å². The molecule has 1 rings (SSSR count). The van der Waals surface area contributed by atoms with Crippen molar-refractivity contribution < 1.29 is 17.9 Å². The van der Waals surface area contributed by atoms with E-state index in [2.05, 4.69) is 10.3 Å². The van der Waals surface area contributed by atoms with Gasteiger partial charge in [-0.05, 0) is 17.7 Å². The molecule has 0 amide bonds. The van der Waals surface area contributed by atoms with Crippen LogP contribution in [-0.4, -0.2) is 46.6 Å². The Kier molecular flexibility index (Phi) is 6.97. The van der Waals surface area contributed by atoms with Crippen molar-refractivity contribution in [1.29, 1.82) is 0 Å². The highest BCUT2D eigenvalue weighted by Crippen LogP contribution is 2.27. The predicted octanol–water partition coefficient (Wildman–Crippen LogP) is 0.543. The van der Waals surface area contributed by atoms with Crippen molar-refractivity contribution in [1.82, 2.24) is 5.32 Å². The number of methoxy groups -OCH3 is 2. The summed E-state index contributed by atoms with van der Waals surface area (Å²) < 4.78 is 33.1. The van der Waals surface area contributed by atoms with Gasteiger partial charge < -0.3 is 20.5 Å². The van der Waals surface area contributed by atoms with Crippen LogP contribution in [0.3, 0.4) is 0 Å². The quantitative estimate of drug-likeness (QED) is 0.533. The molecule has 1 aromatic carbocycles. The molecule has 0 fully saturated rings. The summed E-state index contributed by atoms with van der Waals surface area (Å²) >= 11 is 0. The van der Waals surface area contributed by atoms with Gasteiger partial charge in [0.2, 0.25) is 0 Å². The van der Waals surface area contributed by atoms with Crippen molar-refractivity contribution in [3.63, 3.8) is 0 Å². The number of nitrogens with one attached hydrogen (secondary N) is 1. The highest BCUT2D eigenvalue weighted by molar-refractivity contribution is 7.91. The second-order valence-electron chi connectivity index (χ2n) is 4.55. The Bertz CT molecular complexity index is 615. The summed E-state index contributed by atoms with van der Waals surface area (Å²) in [5, 5.41) is 2.79. The fourth-order valence-electron chi connectivity index (χ4n) is 1.69. The molecule has 0 bridgehead atoms. The van der Waals surface area contributed by atoms with E-state index in [0.29, 0.717) is 18.0 Å². The first-order chi connectivity index (χ1) is 10.4. The fraction of sp³-hybridized carbons (Fsp3) is 0.500. The molecule has 0 spiro atoms. The molecule has 0 unspecified atom stereocenters. The Balaban J connectivity index is 2.56. The van der Waals surface area contributed by atoms with Crippen LogP contribution in [0.25, 0.3) is 0 Å². The Labute approximate surface area is 131 Å². The van der Waals surface area contributed by atoms with Crippen LogP contribution < -0.4 is 20.5 Å². The number of hydrogen-bond donors (Lipinski definition) is 2. The Morgan fingerprint density at radius 2 is 1.95 bits per heavy atom. The minimum absolute atomic E-state index is 0.0378. The zero-order valence-corrected chi connectivity index (χ0v) is 13.9. The van der Waals surface area contributed by atoms with E-state index < -0.39 is 9.84 Å². The summed E-state index contributed by atoms with van der Waals surface area (Å²) in [6.07, 6.45) is 0. The molecule has 0 saturated heterocycles. The summed E-state index contributed by atoms with van der Waals surface area (Å²) in [6, 6.07) is 5.47. The Morgan fingerprint density at radius 3 is 2.55 bits per heavy atom. The van der Waals surface area contributed by atoms with E-state index in [1.807, 2.05) is 12.1 Å². The first-order valence-electron chi connectivity index (χ1n) is 6.87. The van der Waals surface area contributed by atoms with Gasteiger partial charge in [0.15, 0.2) is 27.3 Å². The number of rotatable bonds is 8. The maximum Gasteiger partial charge on any atom is 0.188 e. The predicted molar refractivity (Wildman–Crippen MR) is 87.2 cm³/mol. The van der Waals surface area contributed by atoms with Crippen LogP contribution in [0.2, 0.25) is 0 Å². The summed E-state index contributed by atoms with van der Waals surface area (Å²) in [4.78, 5) is 4.16. The van der Waals surface area contributed by atoms with Gasteiger partial charge in [0.1, 0.15) is 0 Å². The van der Waals surface area contributed by atoms with E-state index in [-0.39, 0.29) is 24.0 Å². The van der Waals surface area contributed by atoms with Crippen LogP contribution in [0.1, 0.15) is 12.5 Å². The topological polar surface area (TPSA) is 103 Å². The van der Waals surface area contributed by atoms with Gasteiger partial charge in [-0.1, -0.05) is 13.0 Å². The third kappa shape index (κ3) is 5.80. The SMILES string of the molecule is CCS(=O)(=O)CCNC(N)=NCc1ccc(OC)c(OC)c1. The minimum Gasteiger partial charge on any atom is -0.493 e. The van der Waals surface area contributed by atoms with Crippen LogP contribution in [0, 0.1) is 0 Å². The Hall–Kier alpha value is -1.96. The van der Waals surface area contributed by atoms with Gasteiger partial charge in [-0.15, -0.1) is 0 Å². The molecule has 124 valence electrons. The average molecular weight is 329 g/mol. The zero-order chi connectivity index (χ0) is 16.6. The highest BCUT2D eigenvalue weighted by Gasteiger charge is 2.07. The summed E-state index contributed by atoms with van der Waals surface area (Å²) in [7, 11) is 0.133. The number of ether oxygens (including phenoxy) is 2. The van der Waals surface area contributed by atoms with Crippen LogP contribution in [0.15, 0.2) is 23.2 Å². The maximum atomic E-state index is 11.3. The molecule has 1 aromatic rings. The monoisotopic (exact) mass is 329 g/mol. The molecule has 22 heavy (non-hydrogen) atoms. The normalized spacial score (nSPS) is 12.0. The van der Waals surface area contributed by atoms with Gasteiger partial charge in [0, 0.05) is 12.3 Å². The van der Waals surface area contributed by atoms with Crippen molar-refractivity contribution in [3.05, 3.63) is 23.8 Å². The summed E-state index contributed by atoms with van der Waals surface area (Å²) in [6.45, 7) is 2.22. The van der Waals surface area contributed by atoms with Gasteiger partial charge in [-0.2, -0.15) is 0 Å². The zero-order valence-electron chi connectivity index (χ0n) is 13.1. The van der Waals surface area contributed by atoms with E-state index in [1.54, 1.807) is 27.2 Å². The lowest BCUT2D eigenvalue weighted by molar-refractivity contribution is 0.354. The minimum atomic E-state index is -3.00. The summed E-state index contributed by atoms with van der Waals surface area (Å²) in [5.74, 6) is 1.64. The van der Waals surface area contributed by atoms with E-state index in [9.17, 15) is 8.42 Å². The van der Waals surface area contributed by atoms with E-state index >= 15 is 0 Å². The van der Waals surface area contributed by atoms with Crippen molar-refractivity contribution in [2.24, 2.45) is 10.7 Å². The molecule has 0 aliphatic rings.